The number of rotatable bonds is 4. The van der Waals surface area contributed by atoms with Crippen molar-refractivity contribution in [3.8, 4) is 0 Å². The highest BCUT2D eigenvalue weighted by Crippen LogP contribution is 2.30. The molecule has 28 heavy (non-hydrogen) atoms. The second-order valence-electron chi connectivity index (χ2n) is 6.83. The molecule has 0 aliphatic carbocycles. The smallest absolute Gasteiger partial charge is 0.245 e. The summed E-state index contributed by atoms with van der Waals surface area (Å²) in [5.41, 5.74) is 1.92. The van der Waals surface area contributed by atoms with Crippen LogP contribution in [0.5, 0.6) is 0 Å². The van der Waals surface area contributed by atoms with Crippen LogP contribution in [-0.2, 0) is 21.2 Å². The van der Waals surface area contributed by atoms with Gasteiger partial charge in [-0.05, 0) is 34.9 Å². The summed E-state index contributed by atoms with van der Waals surface area (Å²) in [5, 5.41) is 0. The summed E-state index contributed by atoms with van der Waals surface area (Å²) in [6, 6.07) is 6.21. The Kier molecular flexibility index (Phi) is 4.72. The fourth-order valence-corrected chi connectivity index (χ4v) is 4.87. The maximum Gasteiger partial charge on any atom is 0.245 e. The highest BCUT2D eigenvalue weighted by molar-refractivity contribution is 7.89. The van der Waals surface area contributed by atoms with Crippen molar-refractivity contribution in [3.63, 3.8) is 0 Å². The van der Waals surface area contributed by atoms with Crippen LogP contribution in [0.3, 0.4) is 0 Å². The molecule has 1 aromatic heterocycles. The summed E-state index contributed by atoms with van der Waals surface area (Å²) < 4.78 is 53.5. The summed E-state index contributed by atoms with van der Waals surface area (Å²) in [6.07, 6.45) is 2.66. The third kappa shape index (κ3) is 3.43. The largest absolute Gasteiger partial charge is 0.334 e. The fourth-order valence-electron chi connectivity index (χ4n) is 3.48. The molecule has 0 N–H and O–H groups in total. The fraction of sp³-hybridized carbons (Fsp3) is 0.263. The van der Waals surface area contributed by atoms with Crippen molar-refractivity contribution in [1.29, 1.82) is 0 Å². The van der Waals surface area contributed by atoms with E-state index in [9.17, 15) is 22.0 Å². The predicted molar refractivity (Wildman–Crippen MR) is 96.7 cm³/mol. The molecule has 2 aliphatic rings. The van der Waals surface area contributed by atoms with E-state index in [4.69, 9.17) is 0 Å². The molecule has 9 heteroatoms. The van der Waals surface area contributed by atoms with E-state index in [1.807, 2.05) is 0 Å². The van der Waals surface area contributed by atoms with E-state index in [0.29, 0.717) is 13.1 Å². The van der Waals surface area contributed by atoms with E-state index in [1.165, 1.54) is 28.8 Å². The Balaban J connectivity index is 1.40. The molecule has 146 valence electrons. The highest BCUT2D eigenvalue weighted by atomic mass is 32.2. The molecule has 0 atom stereocenters. The minimum atomic E-state index is -3.64. The van der Waals surface area contributed by atoms with Crippen LogP contribution in [0, 0.1) is 11.6 Å². The van der Waals surface area contributed by atoms with Gasteiger partial charge in [0.05, 0.1) is 6.42 Å². The summed E-state index contributed by atoms with van der Waals surface area (Å²) in [6.45, 7) is 1.08. The Morgan fingerprint density at radius 3 is 2.39 bits per heavy atom. The zero-order valence-corrected chi connectivity index (χ0v) is 15.6. The first kappa shape index (κ1) is 18.7. The Morgan fingerprint density at radius 2 is 1.79 bits per heavy atom. The molecule has 0 radical (unpaired) electrons. The van der Waals surface area contributed by atoms with Gasteiger partial charge >= 0.3 is 0 Å². The van der Waals surface area contributed by atoms with Gasteiger partial charge in [-0.15, -0.1) is 0 Å². The third-order valence-corrected chi connectivity index (χ3v) is 6.75. The minimum Gasteiger partial charge on any atom is -0.334 e. The van der Waals surface area contributed by atoms with E-state index in [2.05, 4.69) is 4.98 Å². The molecule has 0 fully saturated rings. The number of nitrogens with zero attached hydrogens (tertiary/aromatic N) is 3. The summed E-state index contributed by atoms with van der Waals surface area (Å²) in [5.74, 6) is -1.71. The van der Waals surface area contributed by atoms with Crippen LogP contribution in [-0.4, -0.2) is 54.7 Å². The molecule has 0 bridgehead atoms. The molecular formula is C19H17F2N3O3S. The van der Waals surface area contributed by atoms with Gasteiger partial charge in [0.15, 0.2) is 0 Å². The van der Waals surface area contributed by atoms with Crippen molar-refractivity contribution in [2.75, 3.05) is 26.2 Å². The van der Waals surface area contributed by atoms with Gasteiger partial charge in [0, 0.05) is 44.6 Å². The molecule has 1 aromatic carbocycles. The monoisotopic (exact) mass is 405 g/mol. The average molecular weight is 405 g/mol. The molecule has 0 saturated carbocycles. The van der Waals surface area contributed by atoms with Crippen molar-refractivity contribution < 1.29 is 22.0 Å². The van der Waals surface area contributed by atoms with Gasteiger partial charge in [-0.3, -0.25) is 9.78 Å². The lowest BCUT2D eigenvalue weighted by molar-refractivity contribution is -0.129. The first-order valence-electron chi connectivity index (χ1n) is 8.66. The number of hydrogen-bond donors (Lipinski definition) is 0. The Morgan fingerprint density at radius 1 is 1.07 bits per heavy atom. The maximum atomic E-state index is 13.8. The van der Waals surface area contributed by atoms with Crippen molar-refractivity contribution in [2.24, 2.45) is 0 Å². The molecule has 2 aliphatic heterocycles. The number of amides is 1. The van der Waals surface area contributed by atoms with Gasteiger partial charge in [-0.25, -0.2) is 17.2 Å². The highest BCUT2D eigenvalue weighted by Gasteiger charge is 2.37. The second-order valence-corrected chi connectivity index (χ2v) is 8.77. The Labute approximate surface area is 161 Å². The van der Waals surface area contributed by atoms with E-state index in [1.54, 1.807) is 11.0 Å². The van der Waals surface area contributed by atoms with E-state index in [0.717, 1.165) is 23.3 Å². The SMILES string of the molecule is O=C(Cc1ccc(F)cc1F)N1CC2=C(C1)CN(S(=O)(=O)c1cccnc1)C2. The summed E-state index contributed by atoms with van der Waals surface area (Å²) >= 11 is 0. The van der Waals surface area contributed by atoms with Crippen molar-refractivity contribution >= 4 is 15.9 Å². The minimum absolute atomic E-state index is 0.135. The van der Waals surface area contributed by atoms with Crippen LogP contribution in [0.25, 0.3) is 0 Å². The first-order valence-corrected chi connectivity index (χ1v) is 10.1. The average Bonchev–Trinajstić information content (AvgIpc) is 3.24. The van der Waals surface area contributed by atoms with Gasteiger partial charge in [0.2, 0.25) is 15.9 Å². The Hall–Kier alpha value is -2.65. The maximum absolute atomic E-state index is 13.8. The Bertz CT molecular complexity index is 1050. The number of carbonyl (C=O) groups excluding carboxylic acids is 1. The summed E-state index contributed by atoms with van der Waals surface area (Å²) in [7, 11) is -3.64. The standard InChI is InChI=1S/C19H17F2N3O3S/c20-16-4-3-13(18(21)7-16)6-19(25)23-9-14-11-24(12-15(14)10-23)28(26,27)17-2-1-5-22-8-17/h1-5,7-8H,6,9-12H2. The van der Waals surface area contributed by atoms with E-state index >= 15 is 0 Å². The lowest BCUT2D eigenvalue weighted by Gasteiger charge is -2.22. The molecule has 1 amide bonds. The van der Waals surface area contributed by atoms with E-state index in [-0.39, 0.29) is 35.9 Å². The van der Waals surface area contributed by atoms with Crippen LogP contribution in [0.1, 0.15) is 5.56 Å². The number of halogens is 2. The van der Waals surface area contributed by atoms with Gasteiger partial charge < -0.3 is 4.90 Å². The molecule has 2 aromatic rings. The third-order valence-electron chi connectivity index (χ3n) is 4.98. The number of hydrogen-bond acceptors (Lipinski definition) is 4. The number of pyridine rings is 1. The lowest BCUT2D eigenvalue weighted by atomic mass is 10.1. The molecule has 6 nitrogen and oxygen atoms in total. The van der Waals surface area contributed by atoms with Gasteiger partial charge in [-0.2, -0.15) is 4.31 Å². The molecule has 0 spiro atoms. The normalized spacial score (nSPS) is 17.3. The van der Waals surface area contributed by atoms with Gasteiger partial charge in [0.25, 0.3) is 0 Å². The van der Waals surface area contributed by atoms with Crippen LogP contribution in [0.2, 0.25) is 0 Å². The lowest BCUT2D eigenvalue weighted by Crippen LogP contribution is -2.37. The van der Waals surface area contributed by atoms with Gasteiger partial charge in [0.1, 0.15) is 16.5 Å². The topological polar surface area (TPSA) is 70.6 Å². The molecule has 0 saturated heterocycles. The van der Waals surface area contributed by atoms with Crippen LogP contribution in [0.4, 0.5) is 8.78 Å². The van der Waals surface area contributed by atoms with Crippen LogP contribution >= 0.6 is 0 Å². The summed E-state index contributed by atoms with van der Waals surface area (Å²) in [4.78, 5) is 18.0. The first-order chi connectivity index (χ1) is 13.3. The quantitative estimate of drug-likeness (QED) is 0.727. The van der Waals surface area contributed by atoms with Crippen molar-refractivity contribution in [1.82, 2.24) is 14.2 Å². The van der Waals surface area contributed by atoms with Crippen molar-refractivity contribution in [2.45, 2.75) is 11.3 Å². The molecule has 0 unspecified atom stereocenters. The van der Waals surface area contributed by atoms with E-state index < -0.39 is 21.7 Å². The zero-order chi connectivity index (χ0) is 19.9. The zero-order valence-electron chi connectivity index (χ0n) is 14.8. The van der Waals surface area contributed by atoms with Crippen LogP contribution < -0.4 is 0 Å². The number of benzene rings is 1. The predicted octanol–water partition coefficient (Wildman–Crippen LogP) is 1.75. The van der Waals surface area contributed by atoms with Crippen molar-refractivity contribution in [3.05, 3.63) is 71.1 Å². The number of sulfonamides is 1. The molecule has 3 heterocycles. The number of aromatic nitrogens is 1. The van der Waals surface area contributed by atoms with Gasteiger partial charge in [-0.1, -0.05) is 6.07 Å². The molecular weight excluding hydrogens is 388 g/mol. The van der Waals surface area contributed by atoms with Crippen LogP contribution in [0.15, 0.2) is 58.8 Å². The second kappa shape index (κ2) is 7.06. The molecule has 4 rings (SSSR count). The number of carbonyl (C=O) groups is 1.